The van der Waals surface area contributed by atoms with E-state index >= 15 is 0 Å². The fourth-order valence-electron chi connectivity index (χ4n) is 3.02. The molecule has 196 valence electrons. The Kier molecular flexibility index (Phi) is 12.6. The molecule has 1 aromatic rings. The number of benzene rings is 1. The van der Waals surface area contributed by atoms with E-state index in [0.717, 1.165) is 56.7 Å². The number of carbonyl (C=O) groups is 1. The smallest absolute Gasteiger partial charge is 0.353 e. The van der Waals surface area contributed by atoms with Crippen molar-refractivity contribution >= 4 is 17.8 Å². The van der Waals surface area contributed by atoms with Crippen LogP contribution in [0.5, 0.6) is 0 Å². The van der Waals surface area contributed by atoms with Crippen LogP contribution in [-0.2, 0) is 15.5 Å². The van der Waals surface area contributed by atoms with Gasteiger partial charge in [0.1, 0.15) is 12.9 Å². The summed E-state index contributed by atoms with van der Waals surface area (Å²) in [6, 6.07) is 6.30. The highest BCUT2D eigenvalue weighted by Crippen LogP contribution is 2.28. The standard InChI is InChI=1S/C21H30F2N4.C3H3F3O2/c1-5-7-19(25-18-10-8-17(9-11-18)21(3,22)23)20(24-12-6-2)27-15-13-26(4)14-16-27;4-3(5,6)8-2-1-7/h6-12,25H,5,13-16H2,1-4H3;1H,2H2/b12-6-,19-7-,24-20-;. The number of aldehydes is 1. The number of aliphatic imine (C=N–C) groups is 1. The first kappa shape index (κ1) is 30.2. The van der Waals surface area contributed by atoms with Crippen molar-refractivity contribution in [1.82, 2.24) is 9.80 Å². The molecule has 1 aliphatic rings. The van der Waals surface area contributed by atoms with Crippen LogP contribution in [-0.4, -0.2) is 68.1 Å². The number of likely N-dealkylation sites (N-methyl/N-ethyl adjacent to an activating group) is 1. The lowest BCUT2D eigenvalue weighted by molar-refractivity contribution is -0.319. The molecular weight excluding hydrogens is 471 g/mol. The third-order valence-electron chi connectivity index (χ3n) is 4.78. The first-order chi connectivity index (χ1) is 16.4. The average Bonchev–Trinajstić information content (AvgIpc) is 2.79. The second kappa shape index (κ2) is 14.6. The van der Waals surface area contributed by atoms with E-state index in [4.69, 9.17) is 0 Å². The average molecular weight is 505 g/mol. The molecule has 1 aliphatic heterocycles. The Morgan fingerprint density at radius 2 is 1.71 bits per heavy atom. The molecule has 0 aliphatic carbocycles. The number of nitrogens with one attached hydrogen (secondary N) is 1. The quantitative estimate of drug-likeness (QED) is 0.222. The highest BCUT2D eigenvalue weighted by molar-refractivity contribution is 6.01. The first-order valence-electron chi connectivity index (χ1n) is 11.1. The summed E-state index contributed by atoms with van der Waals surface area (Å²) >= 11 is 0. The third-order valence-corrected chi connectivity index (χ3v) is 4.78. The number of halogens is 5. The Bertz CT molecular complexity index is 854. The molecule has 1 aromatic carbocycles. The van der Waals surface area contributed by atoms with Gasteiger partial charge in [0, 0.05) is 50.6 Å². The Balaban J connectivity index is 0.000000658. The number of hydrogen-bond acceptors (Lipinski definition) is 5. The number of ether oxygens (including phenoxy) is 1. The summed E-state index contributed by atoms with van der Waals surface area (Å²) in [6.45, 7) is 7.75. The van der Waals surface area contributed by atoms with Crippen molar-refractivity contribution in [3.8, 4) is 0 Å². The molecule has 11 heteroatoms. The molecule has 0 aromatic heterocycles. The van der Waals surface area contributed by atoms with Gasteiger partial charge in [0.2, 0.25) is 0 Å². The summed E-state index contributed by atoms with van der Waals surface area (Å²) < 4.78 is 62.5. The molecule has 1 heterocycles. The Hall–Kier alpha value is -2.79. The number of nitrogens with zero attached hydrogens (tertiary/aromatic N) is 3. The van der Waals surface area contributed by atoms with Crippen LogP contribution < -0.4 is 5.32 Å². The van der Waals surface area contributed by atoms with Gasteiger partial charge in [0.25, 0.3) is 5.92 Å². The number of rotatable bonds is 8. The number of piperazine rings is 1. The Morgan fingerprint density at radius 3 is 2.14 bits per heavy atom. The zero-order chi connectivity index (χ0) is 26.5. The molecule has 0 radical (unpaired) electrons. The monoisotopic (exact) mass is 504 g/mol. The zero-order valence-corrected chi connectivity index (χ0v) is 20.4. The number of allylic oxidation sites excluding steroid dienone is 2. The van der Waals surface area contributed by atoms with Gasteiger partial charge >= 0.3 is 6.36 Å². The van der Waals surface area contributed by atoms with Crippen molar-refractivity contribution < 1.29 is 31.5 Å². The summed E-state index contributed by atoms with van der Waals surface area (Å²) in [4.78, 5) is 18.4. The molecular formula is C24H33F5N4O2. The van der Waals surface area contributed by atoms with E-state index in [9.17, 15) is 26.7 Å². The van der Waals surface area contributed by atoms with Crippen LogP contribution >= 0.6 is 0 Å². The van der Waals surface area contributed by atoms with Gasteiger partial charge in [-0.1, -0.05) is 31.2 Å². The van der Waals surface area contributed by atoms with E-state index < -0.39 is 18.9 Å². The SMILES string of the molecule is C\C=C/N=C(/C(=C/CC)Nc1ccc(C(C)(F)F)cc1)N1CCN(C)CC1.O=CCOC(F)(F)F. The molecule has 0 unspecified atom stereocenters. The van der Waals surface area contributed by atoms with Gasteiger partial charge < -0.3 is 19.9 Å². The van der Waals surface area contributed by atoms with Crippen molar-refractivity contribution in [2.45, 2.75) is 39.5 Å². The second-order valence-corrected chi connectivity index (χ2v) is 7.77. The summed E-state index contributed by atoms with van der Waals surface area (Å²) in [5.41, 5.74) is 1.68. The van der Waals surface area contributed by atoms with Crippen molar-refractivity contribution in [3.63, 3.8) is 0 Å². The zero-order valence-electron chi connectivity index (χ0n) is 20.4. The lowest BCUT2D eigenvalue weighted by Crippen LogP contribution is -2.48. The van der Waals surface area contributed by atoms with E-state index in [1.54, 1.807) is 18.3 Å². The third kappa shape index (κ3) is 11.9. The maximum atomic E-state index is 13.4. The fraction of sp³-hybridized carbons (Fsp3) is 0.500. The predicted molar refractivity (Wildman–Crippen MR) is 127 cm³/mol. The maximum absolute atomic E-state index is 13.4. The Labute approximate surface area is 203 Å². The maximum Gasteiger partial charge on any atom is 0.522 e. The van der Waals surface area contributed by atoms with Crippen molar-refractivity contribution in [2.24, 2.45) is 4.99 Å². The van der Waals surface area contributed by atoms with Gasteiger partial charge in [-0.15, -0.1) is 13.2 Å². The van der Waals surface area contributed by atoms with Gasteiger partial charge in [-0.25, -0.2) is 13.8 Å². The van der Waals surface area contributed by atoms with Crippen LogP contribution in [0.1, 0.15) is 32.8 Å². The summed E-state index contributed by atoms with van der Waals surface area (Å²) in [5.74, 6) is -1.95. The highest BCUT2D eigenvalue weighted by Gasteiger charge is 2.28. The van der Waals surface area contributed by atoms with Crippen molar-refractivity contribution in [3.05, 3.63) is 53.9 Å². The molecule has 0 amide bonds. The minimum absolute atomic E-state index is 0.0101. The number of carbonyl (C=O) groups excluding carboxylic acids is 1. The molecule has 0 spiro atoms. The van der Waals surface area contributed by atoms with Crippen LogP contribution in [0.15, 0.2) is 53.3 Å². The van der Waals surface area contributed by atoms with Gasteiger partial charge in [-0.05, 0) is 32.5 Å². The summed E-state index contributed by atoms with van der Waals surface area (Å²) in [5, 5.41) is 3.37. The lowest BCUT2D eigenvalue weighted by Gasteiger charge is -2.35. The van der Waals surface area contributed by atoms with Crippen LogP contribution in [0, 0.1) is 0 Å². The number of anilines is 1. The molecule has 0 bridgehead atoms. The van der Waals surface area contributed by atoms with Crippen molar-refractivity contribution in [1.29, 1.82) is 0 Å². The van der Waals surface area contributed by atoms with E-state index in [1.807, 2.05) is 13.0 Å². The minimum atomic E-state index is -4.68. The molecule has 1 fully saturated rings. The van der Waals surface area contributed by atoms with Gasteiger partial charge in [-0.2, -0.15) is 0 Å². The lowest BCUT2D eigenvalue weighted by atomic mass is 10.1. The van der Waals surface area contributed by atoms with Gasteiger partial charge in [0.15, 0.2) is 5.84 Å². The fourth-order valence-corrected chi connectivity index (χ4v) is 3.02. The minimum Gasteiger partial charge on any atom is -0.353 e. The van der Waals surface area contributed by atoms with Crippen LogP contribution in [0.3, 0.4) is 0 Å². The molecule has 0 atom stereocenters. The number of hydrogen-bond donors (Lipinski definition) is 1. The van der Waals surface area contributed by atoms with E-state index in [0.29, 0.717) is 0 Å². The van der Waals surface area contributed by atoms with Crippen molar-refractivity contribution in [2.75, 3.05) is 45.2 Å². The van der Waals surface area contributed by atoms with Gasteiger partial charge in [0.05, 0.1) is 5.70 Å². The van der Waals surface area contributed by atoms with Crippen LogP contribution in [0.25, 0.3) is 0 Å². The van der Waals surface area contributed by atoms with E-state index in [-0.39, 0.29) is 11.8 Å². The topological polar surface area (TPSA) is 57.2 Å². The predicted octanol–water partition coefficient (Wildman–Crippen LogP) is 5.41. The first-order valence-corrected chi connectivity index (χ1v) is 11.1. The Morgan fingerprint density at radius 1 is 1.11 bits per heavy atom. The molecule has 1 saturated heterocycles. The molecule has 2 rings (SSSR count). The van der Waals surface area contributed by atoms with Gasteiger partial charge in [-0.3, -0.25) is 4.74 Å². The molecule has 6 nitrogen and oxygen atoms in total. The summed E-state index contributed by atoms with van der Waals surface area (Å²) in [6.07, 6.45) is 1.98. The number of alkyl halides is 5. The summed E-state index contributed by atoms with van der Waals surface area (Å²) in [7, 11) is 2.12. The molecule has 1 N–H and O–H groups in total. The molecule has 35 heavy (non-hydrogen) atoms. The van der Waals surface area contributed by atoms with E-state index in [2.05, 4.69) is 44.9 Å². The van der Waals surface area contributed by atoms with Crippen LogP contribution in [0.4, 0.5) is 27.6 Å². The normalized spacial score (nSPS) is 16.2. The number of amidine groups is 1. The van der Waals surface area contributed by atoms with E-state index in [1.165, 1.54) is 12.1 Å². The second-order valence-electron chi connectivity index (χ2n) is 7.77. The highest BCUT2D eigenvalue weighted by atomic mass is 19.4. The van der Waals surface area contributed by atoms with Crippen LogP contribution in [0.2, 0.25) is 0 Å². The largest absolute Gasteiger partial charge is 0.522 e. The molecule has 0 saturated carbocycles.